The number of aliphatic carboxylic acids is 1. The molecular formula is C14H17BrO4. The van der Waals surface area contributed by atoms with Crippen LogP contribution in [-0.2, 0) is 10.2 Å². The number of carbonyl (C=O) groups is 1. The number of benzene rings is 1. The molecule has 0 bridgehead atoms. The van der Waals surface area contributed by atoms with E-state index in [1.165, 1.54) is 0 Å². The summed E-state index contributed by atoms with van der Waals surface area (Å²) >= 11 is 3.55. The molecule has 0 spiro atoms. The highest BCUT2D eigenvalue weighted by atomic mass is 79.9. The smallest absolute Gasteiger partial charge is 0.304 e. The van der Waals surface area contributed by atoms with Gasteiger partial charge in [-0.2, -0.15) is 0 Å². The van der Waals surface area contributed by atoms with Gasteiger partial charge in [0.15, 0.2) is 0 Å². The number of carboxylic acid groups (broad SMARTS) is 1. The molecule has 0 amide bonds. The average molecular weight is 329 g/mol. The maximum Gasteiger partial charge on any atom is 0.304 e. The Kier molecular flexibility index (Phi) is 3.76. The van der Waals surface area contributed by atoms with Gasteiger partial charge in [0.2, 0.25) is 0 Å². The fourth-order valence-electron chi connectivity index (χ4n) is 2.59. The van der Waals surface area contributed by atoms with Crippen molar-refractivity contribution in [3.8, 4) is 11.5 Å². The van der Waals surface area contributed by atoms with Gasteiger partial charge in [-0.1, -0.05) is 0 Å². The van der Waals surface area contributed by atoms with E-state index in [9.17, 15) is 4.79 Å². The Bertz CT molecular complexity index is 521. The normalized spacial score (nSPS) is 16.0. The maximum absolute atomic E-state index is 11.1. The van der Waals surface area contributed by atoms with Crippen molar-refractivity contribution < 1.29 is 19.4 Å². The van der Waals surface area contributed by atoms with Crippen LogP contribution < -0.4 is 9.47 Å². The van der Waals surface area contributed by atoms with E-state index in [0.717, 1.165) is 39.9 Å². The van der Waals surface area contributed by atoms with Crippen molar-refractivity contribution in [1.82, 2.24) is 0 Å². The van der Waals surface area contributed by atoms with E-state index in [-0.39, 0.29) is 11.8 Å². The zero-order valence-electron chi connectivity index (χ0n) is 11.2. The summed E-state index contributed by atoms with van der Waals surface area (Å²) < 4.78 is 11.6. The quantitative estimate of drug-likeness (QED) is 0.901. The monoisotopic (exact) mass is 328 g/mol. The molecule has 4 nitrogen and oxygen atoms in total. The highest BCUT2D eigenvalue weighted by Crippen LogP contribution is 2.58. The van der Waals surface area contributed by atoms with Crippen LogP contribution in [0.2, 0.25) is 0 Å². The summed E-state index contributed by atoms with van der Waals surface area (Å²) in [6.45, 7) is 1.94. The molecule has 0 aliphatic heterocycles. The maximum atomic E-state index is 11.1. The number of methoxy groups -OCH3 is 2. The van der Waals surface area contributed by atoms with Crippen LogP contribution in [-0.4, -0.2) is 25.3 Å². The lowest BCUT2D eigenvalue weighted by Gasteiger charge is -2.22. The molecule has 5 heteroatoms. The summed E-state index contributed by atoms with van der Waals surface area (Å²) in [5.41, 5.74) is 1.55. The Balaban J connectivity index is 2.58. The van der Waals surface area contributed by atoms with Crippen molar-refractivity contribution in [3.05, 3.63) is 21.7 Å². The molecule has 19 heavy (non-hydrogen) atoms. The van der Waals surface area contributed by atoms with Gasteiger partial charge in [0.25, 0.3) is 0 Å². The SMILES string of the molecule is COc1cc(C)c(OC)c(Br)c1C1(CC(=O)O)CC1. The van der Waals surface area contributed by atoms with Gasteiger partial charge >= 0.3 is 5.97 Å². The van der Waals surface area contributed by atoms with Gasteiger partial charge in [-0.15, -0.1) is 0 Å². The molecule has 1 N–H and O–H groups in total. The van der Waals surface area contributed by atoms with Gasteiger partial charge in [-0.3, -0.25) is 4.79 Å². The fourth-order valence-corrected chi connectivity index (χ4v) is 3.68. The van der Waals surface area contributed by atoms with Gasteiger partial charge in [0.1, 0.15) is 11.5 Å². The molecular weight excluding hydrogens is 312 g/mol. The molecule has 1 fully saturated rings. The zero-order chi connectivity index (χ0) is 14.2. The largest absolute Gasteiger partial charge is 0.496 e. The van der Waals surface area contributed by atoms with E-state index in [4.69, 9.17) is 14.6 Å². The molecule has 0 saturated heterocycles. The molecule has 0 radical (unpaired) electrons. The molecule has 104 valence electrons. The second-order valence-corrected chi connectivity index (χ2v) is 5.76. The minimum Gasteiger partial charge on any atom is -0.496 e. The first-order chi connectivity index (χ1) is 8.95. The van der Waals surface area contributed by atoms with Crippen molar-refractivity contribution in [1.29, 1.82) is 0 Å². The molecule has 0 atom stereocenters. The van der Waals surface area contributed by atoms with Crippen LogP contribution in [0.4, 0.5) is 0 Å². The first-order valence-corrected chi connectivity index (χ1v) is 6.88. The van der Waals surface area contributed by atoms with Crippen molar-refractivity contribution in [2.45, 2.75) is 31.6 Å². The summed E-state index contributed by atoms with van der Waals surface area (Å²) in [5, 5.41) is 9.10. The summed E-state index contributed by atoms with van der Waals surface area (Å²) in [5.74, 6) is 0.683. The van der Waals surface area contributed by atoms with E-state index >= 15 is 0 Å². The van der Waals surface area contributed by atoms with Crippen LogP contribution in [0.1, 0.15) is 30.4 Å². The van der Waals surface area contributed by atoms with Crippen LogP contribution >= 0.6 is 15.9 Å². The lowest BCUT2D eigenvalue weighted by atomic mass is 9.90. The third-order valence-electron chi connectivity index (χ3n) is 3.67. The molecule has 2 rings (SSSR count). The molecule has 1 aromatic carbocycles. The van der Waals surface area contributed by atoms with E-state index in [2.05, 4.69) is 15.9 Å². The van der Waals surface area contributed by atoms with Crippen LogP contribution in [0.5, 0.6) is 11.5 Å². The second-order valence-electron chi connectivity index (χ2n) is 4.97. The zero-order valence-corrected chi connectivity index (χ0v) is 12.8. The molecule has 0 aromatic heterocycles. The third-order valence-corrected chi connectivity index (χ3v) is 4.43. The highest BCUT2D eigenvalue weighted by Gasteiger charge is 2.49. The molecule has 1 aliphatic rings. The summed E-state index contributed by atoms with van der Waals surface area (Å²) in [4.78, 5) is 11.1. The highest BCUT2D eigenvalue weighted by molar-refractivity contribution is 9.10. The Labute approximate surface area is 120 Å². The number of aryl methyl sites for hydroxylation is 1. The van der Waals surface area contributed by atoms with E-state index in [1.54, 1.807) is 14.2 Å². The van der Waals surface area contributed by atoms with Crippen molar-refractivity contribution in [3.63, 3.8) is 0 Å². The Morgan fingerprint density at radius 1 is 1.42 bits per heavy atom. The van der Waals surface area contributed by atoms with Crippen molar-refractivity contribution >= 4 is 21.9 Å². The fraction of sp³-hybridized carbons (Fsp3) is 0.500. The number of ether oxygens (including phenoxy) is 2. The first kappa shape index (κ1) is 14.2. The van der Waals surface area contributed by atoms with E-state index in [0.29, 0.717) is 0 Å². The Morgan fingerprint density at radius 3 is 2.47 bits per heavy atom. The number of carboxylic acids is 1. The predicted molar refractivity (Wildman–Crippen MR) is 75.1 cm³/mol. The van der Waals surface area contributed by atoms with Gasteiger partial charge in [0.05, 0.1) is 25.1 Å². The van der Waals surface area contributed by atoms with Gasteiger partial charge in [-0.05, 0) is 47.3 Å². The first-order valence-electron chi connectivity index (χ1n) is 6.08. The van der Waals surface area contributed by atoms with E-state index < -0.39 is 5.97 Å². The third kappa shape index (κ3) is 2.43. The Hall–Kier alpha value is -1.23. The number of hydrogen-bond acceptors (Lipinski definition) is 3. The molecule has 1 saturated carbocycles. The minimum atomic E-state index is -0.786. The molecule has 0 heterocycles. The topological polar surface area (TPSA) is 55.8 Å². The van der Waals surface area contributed by atoms with Gasteiger partial charge in [-0.25, -0.2) is 0 Å². The molecule has 1 aliphatic carbocycles. The van der Waals surface area contributed by atoms with Gasteiger partial charge < -0.3 is 14.6 Å². The second kappa shape index (κ2) is 5.04. The van der Waals surface area contributed by atoms with Crippen molar-refractivity contribution in [2.24, 2.45) is 0 Å². The van der Waals surface area contributed by atoms with Crippen molar-refractivity contribution in [2.75, 3.05) is 14.2 Å². The minimum absolute atomic E-state index is 0.119. The van der Waals surface area contributed by atoms with Crippen LogP contribution in [0.3, 0.4) is 0 Å². The lowest BCUT2D eigenvalue weighted by molar-refractivity contribution is -0.137. The number of halogens is 1. The molecule has 1 aromatic rings. The van der Waals surface area contributed by atoms with Gasteiger partial charge in [0, 0.05) is 11.0 Å². The lowest BCUT2D eigenvalue weighted by Crippen LogP contribution is -2.15. The predicted octanol–water partition coefficient (Wildman–Crippen LogP) is 3.28. The summed E-state index contributed by atoms with van der Waals surface area (Å²) in [7, 11) is 3.22. The summed E-state index contributed by atoms with van der Waals surface area (Å²) in [6, 6.07) is 1.90. The van der Waals surface area contributed by atoms with Crippen LogP contribution in [0.25, 0.3) is 0 Å². The summed E-state index contributed by atoms with van der Waals surface area (Å²) in [6.07, 6.45) is 1.84. The Morgan fingerprint density at radius 2 is 2.05 bits per heavy atom. The van der Waals surface area contributed by atoms with Crippen LogP contribution in [0.15, 0.2) is 10.5 Å². The number of hydrogen-bond donors (Lipinski definition) is 1. The molecule has 0 unspecified atom stereocenters. The van der Waals surface area contributed by atoms with E-state index in [1.807, 2.05) is 13.0 Å². The average Bonchev–Trinajstić information content (AvgIpc) is 3.07. The standard InChI is InChI=1S/C14H17BrO4/c1-8-6-9(18-2)11(12(15)13(8)19-3)14(4-5-14)7-10(16)17/h6H,4-5,7H2,1-3H3,(H,16,17). The number of rotatable bonds is 5. The van der Waals surface area contributed by atoms with Crippen LogP contribution in [0, 0.1) is 6.92 Å².